The van der Waals surface area contributed by atoms with Gasteiger partial charge < -0.3 is 14.7 Å². The van der Waals surface area contributed by atoms with E-state index in [9.17, 15) is 22.8 Å². The predicted octanol–water partition coefficient (Wildman–Crippen LogP) is 1.52. The Morgan fingerprint density at radius 1 is 1.19 bits per heavy atom. The Bertz CT molecular complexity index is 669. The van der Waals surface area contributed by atoms with E-state index in [0.29, 0.717) is 45.3 Å². The molecule has 3 atom stereocenters. The lowest BCUT2D eigenvalue weighted by Crippen LogP contribution is -2.57. The number of nitrogens with zero attached hydrogens (tertiary/aromatic N) is 3. The number of amides is 2. The fourth-order valence-electron chi connectivity index (χ4n) is 3.87. The molecule has 3 rings (SSSR count). The van der Waals surface area contributed by atoms with Crippen molar-refractivity contribution in [2.24, 2.45) is 5.92 Å². The Morgan fingerprint density at radius 3 is 2.38 bits per heavy atom. The monoisotopic (exact) mass is 467 g/mol. The first kappa shape index (κ1) is 26.3. The van der Waals surface area contributed by atoms with Gasteiger partial charge in [-0.15, -0.1) is 0 Å². The smallest absolute Gasteiger partial charge is 0.475 e. The minimum atomic E-state index is -5.08. The number of carbonyl (C=O) groups is 3. The first-order valence-corrected chi connectivity index (χ1v) is 10.8. The van der Waals surface area contributed by atoms with E-state index in [0.717, 1.165) is 19.3 Å². The summed E-state index contributed by atoms with van der Waals surface area (Å²) in [4.78, 5) is 44.1. The molecule has 12 heteroatoms. The van der Waals surface area contributed by atoms with E-state index in [1.54, 1.807) is 0 Å². The van der Waals surface area contributed by atoms with Crippen molar-refractivity contribution in [1.29, 1.82) is 0 Å². The quantitative estimate of drug-likeness (QED) is 0.669. The van der Waals surface area contributed by atoms with Gasteiger partial charge in [-0.05, 0) is 46.6 Å². The number of piperidine rings is 1. The Kier molecular flexibility index (Phi) is 9.28. The summed E-state index contributed by atoms with van der Waals surface area (Å²) in [7, 11) is 1.96. The van der Waals surface area contributed by atoms with Gasteiger partial charge in [-0.2, -0.15) is 13.2 Å². The van der Waals surface area contributed by atoms with Crippen molar-refractivity contribution in [3.8, 4) is 0 Å². The molecule has 2 amide bonds. The average molecular weight is 467 g/mol. The second-order valence-corrected chi connectivity index (χ2v) is 8.54. The minimum Gasteiger partial charge on any atom is -0.475 e. The molecule has 0 unspecified atom stereocenters. The molecule has 0 aromatic heterocycles. The summed E-state index contributed by atoms with van der Waals surface area (Å²) in [6, 6.07) is 0.419. The normalized spacial score (nSPS) is 25.9. The van der Waals surface area contributed by atoms with Crippen LogP contribution in [0.3, 0.4) is 0 Å². The van der Waals surface area contributed by atoms with E-state index in [2.05, 4.69) is 13.8 Å². The molecule has 184 valence electrons. The van der Waals surface area contributed by atoms with Gasteiger partial charge in [-0.3, -0.25) is 19.3 Å². The van der Waals surface area contributed by atoms with Crippen molar-refractivity contribution in [2.45, 2.75) is 63.9 Å². The van der Waals surface area contributed by atoms with E-state index in [1.807, 2.05) is 16.8 Å². The van der Waals surface area contributed by atoms with Crippen molar-refractivity contribution in [3.63, 3.8) is 0 Å². The van der Waals surface area contributed by atoms with Crippen LogP contribution in [0.5, 0.6) is 0 Å². The standard InChI is InChI=1S/C18H31N3O4.C2HF3O2/c1-13(2)19(3)12-17(22)20-11-14(10-16-15(20)6-9-24-16)18(23)21-7-4-5-8-25-21;3-2(4,5)1(6)7/h13-16H,4-12H2,1-3H3;(H,6,7)/t14-,15-,16-;/m1./s1. The molecule has 0 bridgehead atoms. The van der Waals surface area contributed by atoms with Crippen LogP contribution in [-0.2, 0) is 24.0 Å². The summed E-state index contributed by atoms with van der Waals surface area (Å²) >= 11 is 0. The van der Waals surface area contributed by atoms with Crippen LogP contribution in [0.2, 0.25) is 0 Å². The fraction of sp³-hybridized carbons (Fsp3) is 0.850. The third kappa shape index (κ3) is 7.04. The van der Waals surface area contributed by atoms with Gasteiger partial charge in [-0.25, -0.2) is 9.86 Å². The topological polar surface area (TPSA) is 99.6 Å². The van der Waals surface area contributed by atoms with E-state index >= 15 is 0 Å². The number of ether oxygens (including phenoxy) is 1. The van der Waals surface area contributed by atoms with Crippen LogP contribution in [0.1, 0.15) is 39.5 Å². The van der Waals surface area contributed by atoms with E-state index in [-0.39, 0.29) is 29.9 Å². The van der Waals surface area contributed by atoms with Gasteiger partial charge in [-0.1, -0.05) is 0 Å². The number of hydrogen-bond acceptors (Lipinski definition) is 6. The highest BCUT2D eigenvalue weighted by Crippen LogP contribution is 2.32. The summed E-state index contributed by atoms with van der Waals surface area (Å²) in [5.74, 6) is -2.89. The van der Waals surface area contributed by atoms with E-state index in [1.165, 1.54) is 5.06 Å². The highest BCUT2D eigenvalue weighted by molar-refractivity contribution is 5.82. The Labute approximate surface area is 185 Å². The van der Waals surface area contributed by atoms with Crippen LogP contribution in [0.25, 0.3) is 0 Å². The molecule has 3 heterocycles. The molecule has 0 saturated carbocycles. The zero-order valence-corrected chi connectivity index (χ0v) is 18.6. The highest BCUT2D eigenvalue weighted by atomic mass is 19.4. The second kappa shape index (κ2) is 11.3. The maximum atomic E-state index is 12.9. The molecular formula is C20H32F3N3O6. The highest BCUT2D eigenvalue weighted by Gasteiger charge is 2.45. The molecule has 0 aromatic carbocycles. The van der Waals surface area contributed by atoms with Gasteiger partial charge >= 0.3 is 12.1 Å². The fourth-order valence-corrected chi connectivity index (χ4v) is 3.87. The van der Waals surface area contributed by atoms with Gasteiger partial charge in [0, 0.05) is 25.7 Å². The molecular weight excluding hydrogens is 435 g/mol. The van der Waals surface area contributed by atoms with Gasteiger partial charge in [0.15, 0.2) is 0 Å². The number of carboxylic acid groups (broad SMARTS) is 1. The van der Waals surface area contributed by atoms with Crippen LogP contribution >= 0.6 is 0 Å². The molecule has 0 radical (unpaired) electrons. The van der Waals surface area contributed by atoms with Crippen molar-refractivity contribution in [1.82, 2.24) is 14.9 Å². The number of rotatable bonds is 4. The van der Waals surface area contributed by atoms with Crippen molar-refractivity contribution in [2.75, 3.05) is 39.9 Å². The number of likely N-dealkylation sites (N-methyl/N-ethyl adjacent to an activating group) is 1. The summed E-state index contributed by atoms with van der Waals surface area (Å²) in [5, 5.41) is 8.63. The molecule has 32 heavy (non-hydrogen) atoms. The van der Waals surface area contributed by atoms with Gasteiger partial charge in [0.25, 0.3) is 5.91 Å². The Balaban J connectivity index is 0.000000451. The Hall–Kier alpha value is -1.92. The third-order valence-electron chi connectivity index (χ3n) is 5.94. The number of fused-ring (bicyclic) bond motifs is 1. The summed E-state index contributed by atoms with van der Waals surface area (Å²) in [5.41, 5.74) is 0. The van der Waals surface area contributed by atoms with E-state index in [4.69, 9.17) is 19.5 Å². The Morgan fingerprint density at radius 2 is 1.84 bits per heavy atom. The van der Waals surface area contributed by atoms with Crippen molar-refractivity contribution < 1.29 is 42.2 Å². The maximum absolute atomic E-state index is 12.9. The largest absolute Gasteiger partial charge is 0.490 e. The van der Waals surface area contributed by atoms with Crippen molar-refractivity contribution >= 4 is 17.8 Å². The van der Waals surface area contributed by atoms with Crippen LogP contribution in [0.4, 0.5) is 13.2 Å². The van der Waals surface area contributed by atoms with E-state index < -0.39 is 12.1 Å². The SMILES string of the molecule is CC(C)N(C)CC(=O)N1C[C@H](C(=O)N2CCCCO2)C[C@H]2OCC[C@H]21.O=C(O)C(F)(F)F. The lowest BCUT2D eigenvalue weighted by Gasteiger charge is -2.42. The molecule has 3 saturated heterocycles. The number of halogens is 3. The van der Waals surface area contributed by atoms with Crippen LogP contribution in [0, 0.1) is 5.92 Å². The summed E-state index contributed by atoms with van der Waals surface area (Å²) < 4.78 is 37.6. The van der Waals surface area contributed by atoms with Gasteiger partial charge in [0.1, 0.15) is 0 Å². The zero-order chi connectivity index (χ0) is 24.1. The first-order valence-electron chi connectivity index (χ1n) is 10.8. The van der Waals surface area contributed by atoms with Gasteiger partial charge in [0.2, 0.25) is 5.91 Å². The predicted molar refractivity (Wildman–Crippen MR) is 106 cm³/mol. The minimum absolute atomic E-state index is 0.00339. The maximum Gasteiger partial charge on any atom is 0.490 e. The second-order valence-electron chi connectivity index (χ2n) is 8.54. The van der Waals surface area contributed by atoms with Crippen LogP contribution < -0.4 is 0 Å². The summed E-state index contributed by atoms with van der Waals surface area (Å²) in [6.45, 7) is 6.92. The first-order chi connectivity index (χ1) is 14.9. The molecule has 3 aliphatic rings. The zero-order valence-electron chi connectivity index (χ0n) is 18.6. The number of likely N-dealkylation sites (tertiary alicyclic amines) is 1. The molecule has 0 aliphatic carbocycles. The van der Waals surface area contributed by atoms with Crippen LogP contribution in [0.15, 0.2) is 0 Å². The molecule has 0 spiro atoms. The number of carboxylic acids is 1. The number of carbonyl (C=O) groups excluding carboxylic acids is 2. The summed E-state index contributed by atoms with van der Waals surface area (Å²) in [6.07, 6.45) is -1.59. The molecule has 3 aliphatic heterocycles. The molecule has 0 aromatic rings. The number of alkyl halides is 3. The molecule has 1 N–H and O–H groups in total. The van der Waals surface area contributed by atoms with Crippen molar-refractivity contribution in [3.05, 3.63) is 0 Å². The van der Waals surface area contributed by atoms with Crippen LogP contribution in [-0.4, -0.2) is 102 Å². The average Bonchev–Trinajstić information content (AvgIpc) is 3.21. The number of hydroxylamine groups is 2. The molecule has 3 fully saturated rings. The lowest BCUT2D eigenvalue weighted by atomic mass is 9.89. The third-order valence-corrected chi connectivity index (χ3v) is 5.94. The van der Waals surface area contributed by atoms with Gasteiger partial charge in [0.05, 0.1) is 31.2 Å². The number of hydrogen-bond donors (Lipinski definition) is 1. The molecule has 9 nitrogen and oxygen atoms in total. The number of aliphatic carboxylic acids is 1. The lowest BCUT2D eigenvalue weighted by molar-refractivity contribution is -0.204.